The molecular formula is C12H9ClN6O4. The van der Waals surface area contributed by atoms with Crippen molar-refractivity contribution in [3.05, 3.63) is 57.0 Å². The molecule has 1 aromatic carbocycles. The number of anilines is 1. The molecule has 0 bridgehead atoms. The van der Waals surface area contributed by atoms with Crippen LogP contribution in [0.3, 0.4) is 0 Å². The van der Waals surface area contributed by atoms with E-state index in [1.54, 1.807) is 0 Å². The summed E-state index contributed by atoms with van der Waals surface area (Å²) in [5.74, 6) is -1.64. The van der Waals surface area contributed by atoms with Crippen molar-refractivity contribution in [2.75, 3.05) is 5.73 Å². The van der Waals surface area contributed by atoms with Crippen molar-refractivity contribution in [3.63, 3.8) is 0 Å². The number of halogens is 1. The van der Waals surface area contributed by atoms with Gasteiger partial charge >= 0.3 is 0 Å². The Labute approximate surface area is 133 Å². The summed E-state index contributed by atoms with van der Waals surface area (Å²) in [6.45, 7) is 0. The Morgan fingerprint density at radius 1 is 1.17 bits per heavy atom. The number of nitrogens with one attached hydrogen (secondary N) is 2. The monoisotopic (exact) mass is 336 g/mol. The molecule has 2 aromatic rings. The zero-order valence-electron chi connectivity index (χ0n) is 11.3. The fourth-order valence-electron chi connectivity index (χ4n) is 1.57. The van der Waals surface area contributed by atoms with Crippen LogP contribution in [0.4, 0.5) is 11.5 Å². The van der Waals surface area contributed by atoms with Crippen molar-refractivity contribution in [3.8, 4) is 0 Å². The molecule has 11 heteroatoms. The van der Waals surface area contributed by atoms with Crippen LogP contribution in [0, 0.1) is 10.1 Å². The van der Waals surface area contributed by atoms with Crippen molar-refractivity contribution in [2.45, 2.75) is 0 Å². The topological polar surface area (TPSA) is 153 Å². The Morgan fingerprint density at radius 2 is 1.83 bits per heavy atom. The van der Waals surface area contributed by atoms with Crippen LogP contribution >= 0.6 is 11.6 Å². The number of rotatable bonds is 3. The van der Waals surface area contributed by atoms with Crippen LogP contribution < -0.4 is 16.6 Å². The van der Waals surface area contributed by atoms with E-state index < -0.39 is 16.7 Å². The van der Waals surface area contributed by atoms with E-state index in [2.05, 4.69) is 20.8 Å². The third kappa shape index (κ3) is 3.68. The number of amides is 2. The van der Waals surface area contributed by atoms with Crippen LogP contribution in [-0.4, -0.2) is 26.7 Å². The van der Waals surface area contributed by atoms with E-state index in [1.807, 2.05) is 0 Å². The number of carbonyl (C=O) groups excluding carboxylic acids is 2. The lowest BCUT2D eigenvalue weighted by atomic mass is 10.2. The number of nitrogens with two attached hydrogens (primary N) is 1. The first-order valence-corrected chi connectivity index (χ1v) is 6.39. The van der Waals surface area contributed by atoms with Gasteiger partial charge in [-0.15, -0.1) is 0 Å². The lowest BCUT2D eigenvalue weighted by molar-refractivity contribution is -0.384. The summed E-state index contributed by atoms with van der Waals surface area (Å²) in [4.78, 5) is 41.1. The molecule has 4 N–H and O–H groups in total. The number of non-ortho nitro benzene ring substituents is 1. The second-order valence-electron chi connectivity index (χ2n) is 4.12. The molecule has 0 radical (unpaired) electrons. The normalized spacial score (nSPS) is 9.96. The fraction of sp³-hybridized carbons (Fsp3) is 0. The van der Waals surface area contributed by atoms with Gasteiger partial charge in [0.25, 0.3) is 17.5 Å². The van der Waals surface area contributed by atoms with E-state index >= 15 is 0 Å². The molecule has 1 heterocycles. The van der Waals surface area contributed by atoms with E-state index in [0.29, 0.717) is 0 Å². The van der Waals surface area contributed by atoms with Gasteiger partial charge in [-0.2, -0.15) is 0 Å². The number of nitro groups is 1. The van der Waals surface area contributed by atoms with Crippen molar-refractivity contribution in [1.29, 1.82) is 0 Å². The molecular weight excluding hydrogens is 328 g/mol. The average Bonchev–Trinajstić information content (AvgIpc) is 2.52. The quantitative estimate of drug-likeness (QED) is 0.550. The number of aromatic nitrogens is 2. The molecule has 2 rings (SSSR count). The van der Waals surface area contributed by atoms with Crippen LogP contribution in [0.15, 0.2) is 30.6 Å². The minimum absolute atomic E-state index is 0.0512. The summed E-state index contributed by atoms with van der Waals surface area (Å²) in [5, 5.41) is 10.5. The van der Waals surface area contributed by atoms with Crippen molar-refractivity contribution in [1.82, 2.24) is 20.8 Å². The summed E-state index contributed by atoms with van der Waals surface area (Å²) in [7, 11) is 0. The minimum Gasteiger partial charge on any atom is -0.382 e. The van der Waals surface area contributed by atoms with Crippen LogP contribution in [0.2, 0.25) is 5.02 Å². The van der Waals surface area contributed by atoms with Gasteiger partial charge in [-0.3, -0.25) is 30.6 Å². The molecule has 118 valence electrons. The summed E-state index contributed by atoms with van der Waals surface area (Å²) in [6, 6.07) is 3.31. The van der Waals surface area contributed by atoms with Gasteiger partial charge in [-0.05, 0) is 6.07 Å². The molecule has 0 fully saturated rings. The van der Waals surface area contributed by atoms with Crippen molar-refractivity contribution < 1.29 is 14.5 Å². The number of nitrogen functional groups attached to an aromatic ring is 1. The Kier molecular flexibility index (Phi) is 4.66. The lowest BCUT2D eigenvalue weighted by Crippen LogP contribution is -2.42. The first-order chi connectivity index (χ1) is 10.9. The molecule has 0 atom stereocenters. The van der Waals surface area contributed by atoms with Gasteiger partial charge in [0.2, 0.25) is 0 Å². The molecule has 10 nitrogen and oxygen atoms in total. The number of hydrogen-bond acceptors (Lipinski definition) is 7. The first kappa shape index (κ1) is 16.1. The predicted octanol–water partition coefficient (Wildman–Crippen LogP) is 0.695. The van der Waals surface area contributed by atoms with Crippen molar-refractivity contribution in [2.24, 2.45) is 0 Å². The van der Waals surface area contributed by atoms with Crippen LogP contribution in [0.1, 0.15) is 20.8 Å². The fourth-order valence-corrected chi connectivity index (χ4v) is 1.83. The smallest absolute Gasteiger partial charge is 0.292 e. The molecule has 23 heavy (non-hydrogen) atoms. The van der Waals surface area contributed by atoms with Gasteiger partial charge in [0, 0.05) is 24.5 Å². The highest BCUT2D eigenvalue weighted by Crippen LogP contribution is 2.22. The van der Waals surface area contributed by atoms with E-state index in [4.69, 9.17) is 17.3 Å². The van der Waals surface area contributed by atoms with E-state index in [-0.39, 0.29) is 27.8 Å². The number of nitro benzene ring substituents is 1. The van der Waals surface area contributed by atoms with Gasteiger partial charge in [0.15, 0.2) is 11.5 Å². The second-order valence-corrected chi connectivity index (χ2v) is 4.53. The lowest BCUT2D eigenvalue weighted by Gasteiger charge is -2.08. The number of benzene rings is 1. The Hall–Kier alpha value is -3.27. The van der Waals surface area contributed by atoms with E-state index in [9.17, 15) is 19.7 Å². The number of hydrazine groups is 1. The second kappa shape index (κ2) is 6.66. The largest absolute Gasteiger partial charge is 0.382 e. The van der Waals surface area contributed by atoms with Crippen LogP contribution in [-0.2, 0) is 0 Å². The molecule has 2 amide bonds. The molecule has 0 saturated carbocycles. The van der Waals surface area contributed by atoms with Gasteiger partial charge < -0.3 is 5.73 Å². The number of nitrogens with zero attached hydrogens (tertiary/aromatic N) is 3. The Balaban J connectivity index is 2.07. The third-order valence-electron chi connectivity index (χ3n) is 2.64. The average molecular weight is 337 g/mol. The molecule has 0 aliphatic rings. The summed E-state index contributed by atoms with van der Waals surface area (Å²) in [5.41, 5.74) is 9.19. The van der Waals surface area contributed by atoms with Gasteiger partial charge in [-0.1, -0.05) is 11.6 Å². The Morgan fingerprint density at radius 3 is 2.43 bits per heavy atom. The van der Waals surface area contributed by atoms with E-state index in [1.165, 1.54) is 18.5 Å². The zero-order valence-corrected chi connectivity index (χ0v) is 12.1. The van der Waals surface area contributed by atoms with Gasteiger partial charge in [0.1, 0.15) is 0 Å². The Bertz CT molecular complexity index is 797. The van der Waals surface area contributed by atoms with E-state index in [0.717, 1.165) is 12.1 Å². The minimum atomic E-state index is -0.776. The maximum Gasteiger partial charge on any atom is 0.292 e. The highest BCUT2D eigenvalue weighted by atomic mass is 35.5. The maximum absolute atomic E-state index is 11.9. The summed E-state index contributed by atoms with van der Waals surface area (Å²) < 4.78 is 0. The van der Waals surface area contributed by atoms with Crippen LogP contribution in [0.5, 0.6) is 0 Å². The maximum atomic E-state index is 11.9. The van der Waals surface area contributed by atoms with Gasteiger partial charge in [-0.25, -0.2) is 9.97 Å². The van der Waals surface area contributed by atoms with Gasteiger partial charge in [0.05, 0.1) is 15.5 Å². The van der Waals surface area contributed by atoms with Crippen molar-refractivity contribution >= 4 is 34.9 Å². The summed E-state index contributed by atoms with van der Waals surface area (Å²) >= 11 is 5.81. The highest BCUT2D eigenvalue weighted by Gasteiger charge is 2.17. The highest BCUT2D eigenvalue weighted by molar-refractivity contribution is 6.34. The number of carbonyl (C=O) groups is 2. The third-order valence-corrected chi connectivity index (χ3v) is 2.95. The SMILES string of the molecule is Nc1nccnc1C(=O)NNC(=O)c1ccc([N+](=O)[O-])cc1Cl. The molecule has 1 aromatic heterocycles. The zero-order chi connectivity index (χ0) is 17.0. The molecule has 0 spiro atoms. The first-order valence-electron chi connectivity index (χ1n) is 6.01. The standard InChI is InChI=1S/C12H9ClN6O4/c13-8-5-6(19(22)23)1-2-7(8)11(20)17-18-12(21)9-10(14)16-4-3-15-9/h1-5H,(H2,14,16)(H,17,20)(H,18,21). The predicted molar refractivity (Wildman–Crippen MR) is 79.5 cm³/mol. The molecule has 0 unspecified atom stereocenters. The summed E-state index contributed by atoms with van der Waals surface area (Å²) in [6.07, 6.45) is 2.57. The molecule has 0 saturated heterocycles. The van der Waals surface area contributed by atoms with Crippen LogP contribution in [0.25, 0.3) is 0 Å². The number of hydrogen-bond donors (Lipinski definition) is 3. The molecule has 0 aliphatic carbocycles. The molecule has 0 aliphatic heterocycles.